The van der Waals surface area contributed by atoms with E-state index in [1.807, 2.05) is 24.5 Å². The Morgan fingerprint density at radius 3 is 1.43 bits per heavy atom. The molecule has 1 aromatic heterocycles. The summed E-state index contributed by atoms with van der Waals surface area (Å²) in [6, 6.07) is 3.89. The Kier molecular flexibility index (Phi) is 7.06. The number of aromatic amines is 1. The van der Waals surface area contributed by atoms with Crippen LogP contribution in [0.2, 0.25) is 0 Å². The molecule has 0 aromatic carbocycles. The first-order valence-corrected chi connectivity index (χ1v) is 1.58. The van der Waals surface area contributed by atoms with Crippen LogP contribution in [0.15, 0.2) is 24.5 Å². The molecule has 1 aromatic rings. The van der Waals surface area contributed by atoms with E-state index in [2.05, 4.69) is 4.98 Å². The molecule has 0 fully saturated rings. The SMILES string of the molecule is N.N.c1cc[nH]c1. The van der Waals surface area contributed by atoms with Crippen molar-refractivity contribution in [1.82, 2.24) is 17.3 Å². The second kappa shape index (κ2) is 5.20. The van der Waals surface area contributed by atoms with Crippen LogP contribution in [0.3, 0.4) is 0 Å². The maximum Gasteiger partial charge on any atom is 0.000496 e. The van der Waals surface area contributed by atoms with E-state index >= 15 is 0 Å². The molecule has 0 spiro atoms. The number of rotatable bonds is 0. The normalized spacial score (nSPS) is 5.71. The Balaban J connectivity index is 0. The first-order chi connectivity index (χ1) is 2.50. The monoisotopic (exact) mass is 101 g/mol. The van der Waals surface area contributed by atoms with Crippen LogP contribution in [0.5, 0.6) is 0 Å². The molecule has 0 aliphatic heterocycles. The molecule has 0 aliphatic rings. The molecule has 42 valence electrons. The minimum atomic E-state index is 0. The van der Waals surface area contributed by atoms with Gasteiger partial charge in [-0.25, -0.2) is 0 Å². The number of hydrogen-bond acceptors (Lipinski definition) is 2. The van der Waals surface area contributed by atoms with Crippen LogP contribution in [0.4, 0.5) is 0 Å². The lowest BCUT2D eigenvalue weighted by atomic mass is 10.7. The van der Waals surface area contributed by atoms with Gasteiger partial charge in [-0.05, 0) is 12.1 Å². The van der Waals surface area contributed by atoms with Crippen LogP contribution in [-0.2, 0) is 0 Å². The molecule has 7 N–H and O–H groups in total. The highest BCUT2D eigenvalue weighted by Crippen LogP contribution is 1.72. The minimum Gasteiger partial charge on any atom is -0.368 e. The number of H-pyrrole nitrogens is 1. The van der Waals surface area contributed by atoms with Crippen LogP contribution in [0.25, 0.3) is 0 Å². The second-order valence-corrected chi connectivity index (χ2v) is 0.885. The van der Waals surface area contributed by atoms with Gasteiger partial charge in [-0.2, -0.15) is 0 Å². The molecule has 0 amide bonds. The van der Waals surface area contributed by atoms with Crippen molar-refractivity contribution in [2.45, 2.75) is 0 Å². The molecule has 0 radical (unpaired) electrons. The molecule has 0 bridgehead atoms. The Morgan fingerprint density at radius 1 is 0.857 bits per heavy atom. The van der Waals surface area contributed by atoms with E-state index < -0.39 is 0 Å². The molecule has 3 nitrogen and oxygen atoms in total. The van der Waals surface area contributed by atoms with Crippen molar-refractivity contribution in [2.75, 3.05) is 0 Å². The lowest BCUT2D eigenvalue weighted by Crippen LogP contribution is -1.38. The highest BCUT2D eigenvalue weighted by molar-refractivity contribution is 4.84. The third-order valence-electron chi connectivity index (χ3n) is 0.496. The topological polar surface area (TPSA) is 85.8 Å². The fraction of sp³-hybridized carbons (Fsp3) is 0. The fourth-order valence-corrected chi connectivity index (χ4v) is 0.278. The average Bonchev–Trinajstić information content (AvgIpc) is 1.76. The van der Waals surface area contributed by atoms with E-state index in [1.54, 1.807) is 0 Å². The van der Waals surface area contributed by atoms with Gasteiger partial charge in [0.25, 0.3) is 0 Å². The van der Waals surface area contributed by atoms with Gasteiger partial charge < -0.3 is 17.3 Å². The van der Waals surface area contributed by atoms with Crippen LogP contribution < -0.4 is 12.3 Å². The summed E-state index contributed by atoms with van der Waals surface area (Å²) in [4.78, 5) is 2.86. The summed E-state index contributed by atoms with van der Waals surface area (Å²) in [5.74, 6) is 0. The molecule has 1 heterocycles. The standard InChI is InChI=1S/C4H5N.2H3N/c1-2-4-5-3-1;;/h1-5H;2*1H3. The van der Waals surface area contributed by atoms with Crippen molar-refractivity contribution in [3.05, 3.63) is 24.5 Å². The van der Waals surface area contributed by atoms with Gasteiger partial charge >= 0.3 is 0 Å². The Bertz CT molecular complexity index is 63.4. The zero-order valence-corrected chi connectivity index (χ0v) is 4.22. The maximum absolute atomic E-state index is 2.86. The van der Waals surface area contributed by atoms with Crippen molar-refractivity contribution >= 4 is 0 Å². The quantitative estimate of drug-likeness (QED) is 0.460. The number of aromatic nitrogens is 1. The average molecular weight is 101 g/mol. The number of nitrogens with one attached hydrogen (secondary N) is 1. The first kappa shape index (κ1) is 9.50. The highest BCUT2D eigenvalue weighted by Gasteiger charge is 1.55. The molecular weight excluding hydrogens is 90.1 g/mol. The lowest BCUT2D eigenvalue weighted by molar-refractivity contribution is 1.42. The summed E-state index contributed by atoms with van der Waals surface area (Å²) in [5.41, 5.74) is 0. The lowest BCUT2D eigenvalue weighted by Gasteiger charge is -1.49. The molecular formula is C4H11N3. The largest absolute Gasteiger partial charge is 0.368 e. The van der Waals surface area contributed by atoms with Crippen LogP contribution in [0, 0.1) is 0 Å². The van der Waals surface area contributed by atoms with Gasteiger partial charge in [0.2, 0.25) is 0 Å². The Morgan fingerprint density at radius 2 is 1.29 bits per heavy atom. The van der Waals surface area contributed by atoms with Gasteiger partial charge in [-0.15, -0.1) is 0 Å². The molecule has 0 saturated carbocycles. The summed E-state index contributed by atoms with van der Waals surface area (Å²) in [6.07, 6.45) is 3.75. The maximum atomic E-state index is 2.86. The van der Waals surface area contributed by atoms with E-state index in [9.17, 15) is 0 Å². The van der Waals surface area contributed by atoms with E-state index in [1.165, 1.54) is 0 Å². The zero-order valence-electron chi connectivity index (χ0n) is 4.22. The van der Waals surface area contributed by atoms with Crippen LogP contribution in [0.1, 0.15) is 0 Å². The molecule has 3 heteroatoms. The van der Waals surface area contributed by atoms with Crippen molar-refractivity contribution in [3.8, 4) is 0 Å². The third kappa shape index (κ3) is 3.02. The molecule has 0 atom stereocenters. The number of hydrogen-bond donors (Lipinski definition) is 3. The molecule has 0 aliphatic carbocycles. The summed E-state index contributed by atoms with van der Waals surface area (Å²) in [6.45, 7) is 0. The predicted molar refractivity (Wildman–Crippen MR) is 30.8 cm³/mol. The first-order valence-electron chi connectivity index (χ1n) is 1.58. The second-order valence-electron chi connectivity index (χ2n) is 0.885. The van der Waals surface area contributed by atoms with Gasteiger partial charge in [-0.1, -0.05) is 0 Å². The van der Waals surface area contributed by atoms with Crippen LogP contribution >= 0.6 is 0 Å². The fourth-order valence-electron chi connectivity index (χ4n) is 0.278. The zero-order chi connectivity index (χ0) is 3.54. The van der Waals surface area contributed by atoms with E-state index in [0.29, 0.717) is 0 Å². The van der Waals surface area contributed by atoms with Crippen molar-refractivity contribution < 1.29 is 0 Å². The molecule has 0 saturated heterocycles. The van der Waals surface area contributed by atoms with Gasteiger partial charge in [0.15, 0.2) is 0 Å². The Labute approximate surface area is 42.9 Å². The van der Waals surface area contributed by atoms with Crippen molar-refractivity contribution in [3.63, 3.8) is 0 Å². The molecule has 0 unspecified atom stereocenters. The van der Waals surface area contributed by atoms with Gasteiger partial charge in [-0.3, -0.25) is 0 Å². The van der Waals surface area contributed by atoms with E-state index in [0.717, 1.165) is 0 Å². The summed E-state index contributed by atoms with van der Waals surface area (Å²) in [5, 5.41) is 0. The molecule has 7 heavy (non-hydrogen) atoms. The van der Waals surface area contributed by atoms with Gasteiger partial charge in [0.05, 0.1) is 0 Å². The molecule has 1 rings (SSSR count). The summed E-state index contributed by atoms with van der Waals surface area (Å²) in [7, 11) is 0. The van der Waals surface area contributed by atoms with Crippen LogP contribution in [-0.4, -0.2) is 4.98 Å². The van der Waals surface area contributed by atoms with Gasteiger partial charge in [0.1, 0.15) is 0 Å². The van der Waals surface area contributed by atoms with E-state index in [4.69, 9.17) is 0 Å². The predicted octanol–water partition coefficient (Wildman–Crippen LogP) is 1.34. The van der Waals surface area contributed by atoms with Crippen molar-refractivity contribution in [1.29, 1.82) is 0 Å². The highest BCUT2D eigenvalue weighted by atomic mass is 14.6. The van der Waals surface area contributed by atoms with Gasteiger partial charge in [0, 0.05) is 12.4 Å². The minimum absolute atomic E-state index is 0. The smallest absolute Gasteiger partial charge is 0.000496 e. The summed E-state index contributed by atoms with van der Waals surface area (Å²) >= 11 is 0. The Hall–Kier alpha value is -0.800. The van der Waals surface area contributed by atoms with E-state index in [-0.39, 0.29) is 12.3 Å². The summed E-state index contributed by atoms with van der Waals surface area (Å²) < 4.78 is 0. The third-order valence-corrected chi connectivity index (χ3v) is 0.496. The van der Waals surface area contributed by atoms with Crippen molar-refractivity contribution in [2.24, 2.45) is 0 Å².